The Labute approximate surface area is 115 Å². The van der Waals surface area contributed by atoms with Gasteiger partial charge in [-0.05, 0) is 42.2 Å². The van der Waals surface area contributed by atoms with Gasteiger partial charge in [0.2, 0.25) is 0 Å². The van der Waals surface area contributed by atoms with Crippen molar-refractivity contribution in [1.29, 1.82) is 0 Å². The molecule has 104 valence electrons. The first-order valence-corrected chi connectivity index (χ1v) is 6.61. The van der Waals surface area contributed by atoms with Crippen molar-refractivity contribution < 1.29 is 13.2 Å². The molecule has 1 aliphatic carbocycles. The minimum atomic E-state index is -0.939. The van der Waals surface area contributed by atoms with Crippen molar-refractivity contribution in [2.75, 3.05) is 0 Å². The van der Waals surface area contributed by atoms with Gasteiger partial charge in [0.1, 0.15) is 5.82 Å². The van der Waals surface area contributed by atoms with E-state index in [1.54, 1.807) is 6.07 Å². The molecule has 0 spiro atoms. The molecule has 20 heavy (non-hydrogen) atoms. The van der Waals surface area contributed by atoms with E-state index in [2.05, 4.69) is 5.32 Å². The average molecular weight is 277 g/mol. The van der Waals surface area contributed by atoms with Crippen molar-refractivity contribution in [1.82, 2.24) is 5.32 Å². The average Bonchev–Trinajstić information content (AvgIpc) is 3.25. The van der Waals surface area contributed by atoms with Crippen LogP contribution in [0.5, 0.6) is 0 Å². The van der Waals surface area contributed by atoms with Crippen LogP contribution in [0, 0.1) is 17.5 Å². The van der Waals surface area contributed by atoms with Crippen molar-refractivity contribution >= 4 is 0 Å². The molecular weight excluding hydrogens is 263 g/mol. The summed E-state index contributed by atoms with van der Waals surface area (Å²) in [5.74, 6) is -2.32. The highest BCUT2D eigenvalue weighted by Gasteiger charge is 2.21. The molecule has 2 aromatic rings. The van der Waals surface area contributed by atoms with E-state index >= 15 is 0 Å². The molecule has 3 rings (SSSR count). The maximum Gasteiger partial charge on any atom is 0.166 e. The zero-order chi connectivity index (χ0) is 14.1. The Morgan fingerprint density at radius 3 is 2.55 bits per heavy atom. The van der Waals surface area contributed by atoms with Crippen molar-refractivity contribution in [3.05, 3.63) is 59.4 Å². The zero-order valence-corrected chi connectivity index (χ0v) is 10.8. The van der Waals surface area contributed by atoms with Crippen molar-refractivity contribution in [2.45, 2.75) is 25.4 Å². The monoisotopic (exact) mass is 277 g/mol. The summed E-state index contributed by atoms with van der Waals surface area (Å²) in [6.45, 7) is 0.524. The maximum atomic E-state index is 13.9. The molecule has 0 atom stereocenters. The fraction of sp³-hybridized carbons (Fsp3) is 0.250. The van der Waals surface area contributed by atoms with Crippen LogP contribution in [0.25, 0.3) is 11.1 Å². The lowest BCUT2D eigenvalue weighted by molar-refractivity contribution is 0.511. The first-order chi connectivity index (χ1) is 9.65. The fourth-order valence-corrected chi connectivity index (χ4v) is 2.21. The van der Waals surface area contributed by atoms with E-state index in [0.717, 1.165) is 24.5 Å². The molecule has 2 aromatic carbocycles. The third-order valence-electron chi connectivity index (χ3n) is 3.47. The van der Waals surface area contributed by atoms with Gasteiger partial charge in [0.15, 0.2) is 11.6 Å². The van der Waals surface area contributed by atoms with E-state index in [1.165, 1.54) is 24.3 Å². The number of rotatable bonds is 4. The summed E-state index contributed by atoms with van der Waals surface area (Å²) in [6, 6.07) is 8.65. The lowest BCUT2D eigenvalue weighted by Gasteiger charge is -2.12. The van der Waals surface area contributed by atoms with Crippen LogP contribution in [0.3, 0.4) is 0 Å². The van der Waals surface area contributed by atoms with E-state index in [4.69, 9.17) is 0 Å². The van der Waals surface area contributed by atoms with Gasteiger partial charge >= 0.3 is 0 Å². The van der Waals surface area contributed by atoms with Crippen LogP contribution in [0.15, 0.2) is 36.4 Å². The van der Waals surface area contributed by atoms with E-state index in [9.17, 15) is 13.2 Å². The van der Waals surface area contributed by atoms with Gasteiger partial charge in [-0.3, -0.25) is 0 Å². The van der Waals surface area contributed by atoms with Gasteiger partial charge in [-0.2, -0.15) is 0 Å². The lowest BCUT2D eigenvalue weighted by atomic mass is 9.98. The van der Waals surface area contributed by atoms with Crippen molar-refractivity contribution in [3.63, 3.8) is 0 Å². The Balaban J connectivity index is 2.01. The summed E-state index contributed by atoms with van der Waals surface area (Å²) in [6.07, 6.45) is 2.26. The first kappa shape index (κ1) is 13.2. The smallest absolute Gasteiger partial charge is 0.166 e. The summed E-state index contributed by atoms with van der Waals surface area (Å²) in [5, 5.41) is 3.30. The molecule has 0 aliphatic heterocycles. The number of hydrogen-bond acceptors (Lipinski definition) is 1. The van der Waals surface area contributed by atoms with Gasteiger partial charge in [-0.1, -0.05) is 18.2 Å². The minimum Gasteiger partial charge on any atom is -0.310 e. The third-order valence-corrected chi connectivity index (χ3v) is 3.47. The van der Waals surface area contributed by atoms with E-state index in [-0.39, 0.29) is 5.56 Å². The van der Waals surface area contributed by atoms with Crippen LogP contribution < -0.4 is 5.32 Å². The summed E-state index contributed by atoms with van der Waals surface area (Å²) in [4.78, 5) is 0. The molecule has 0 aromatic heterocycles. The van der Waals surface area contributed by atoms with Crippen LogP contribution in [-0.4, -0.2) is 6.04 Å². The summed E-state index contributed by atoms with van der Waals surface area (Å²) in [7, 11) is 0. The Bertz CT molecular complexity index is 636. The number of benzene rings is 2. The van der Waals surface area contributed by atoms with E-state index in [0.29, 0.717) is 18.2 Å². The summed E-state index contributed by atoms with van der Waals surface area (Å²) < 4.78 is 40.7. The third kappa shape index (κ3) is 2.70. The molecule has 4 heteroatoms. The normalized spacial score (nSPS) is 14.6. The molecule has 1 N–H and O–H groups in total. The largest absolute Gasteiger partial charge is 0.310 e. The van der Waals surface area contributed by atoms with Crippen LogP contribution in [0.1, 0.15) is 18.4 Å². The molecule has 1 aliphatic rings. The topological polar surface area (TPSA) is 12.0 Å². The van der Waals surface area contributed by atoms with Crippen LogP contribution in [0.2, 0.25) is 0 Å². The molecule has 1 saturated carbocycles. The molecule has 0 saturated heterocycles. The van der Waals surface area contributed by atoms with Gasteiger partial charge in [0.05, 0.1) is 0 Å². The van der Waals surface area contributed by atoms with Crippen LogP contribution in [0.4, 0.5) is 13.2 Å². The highest BCUT2D eigenvalue weighted by molar-refractivity contribution is 5.68. The molecule has 0 heterocycles. The van der Waals surface area contributed by atoms with Gasteiger partial charge in [0.25, 0.3) is 0 Å². The maximum absolute atomic E-state index is 13.9. The number of halogens is 3. The fourth-order valence-electron chi connectivity index (χ4n) is 2.21. The predicted octanol–water partition coefficient (Wildman–Crippen LogP) is 4.02. The Hall–Kier alpha value is -1.81. The molecule has 0 unspecified atom stereocenters. The van der Waals surface area contributed by atoms with Crippen molar-refractivity contribution in [2.24, 2.45) is 0 Å². The highest BCUT2D eigenvalue weighted by atomic mass is 19.2. The Kier molecular flexibility index (Phi) is 3.49. The number of hydrogen-bond donors (Lipinski definition) is 1. The second-order valence-corrected chi connectivity index (χ2v) is 5.06. The molecule has 1 nitrogen and oxygen atoms in total. The minimum absolute atomic E-state index is 0.0945. The summed E-state index contributed by atoms with van der Waals surface area (Å²) >= 11 is 0. The second kappa shape index (κ2) is 5.29. The number of nitrogens with one attached hydrogen (secondary N) is 1. The predicted molar refractivity (Wildman–Crippen MR) is 71.6 cm³/mol. The standard InChI is InChI=1S/C16H14F3N/c17-11-5-4-10(9-20-12-6-7-12)14(8-11)13-2-1-3-15(18)16(13)19/h1-5,8,12,20H,6-7,9H2. The molecule has 1 fully saturated rings. The van der Waals surface area contributed by atoms with Crippen LogP contribution >= 0.6 is 0 Å². The highest BCUT2D eigenvalue weighted by Crippen LogP contribution is 2.29. The van der Waals surface area contributed by atoms with Crippen molar-refractivity contribution in [3.8, 4) is 11.1 Å². The second-order valence-electron chi connectivity index (χ2n) is 5.06. The molecular formula is C16H14F3N. The summed E-state index contributed by atoms with van der Waals surface area (Å²) in [5.41, 5.74) is 1.26. The lowest BCUT2D eigenvalue weighted by Crippen LogP contribution is -2.16. The van der Waals surface area contributed by atoms with Gasteiger partial charge < -0.3 is 5.32 Å². The molecule has 0 amide bonds. The van der Waals surface area contributed by atoms with Gasteiger partial charge in [-0.25, -0.2) is 13.2 Å². The van der Waals surface area contributed by atoms with Gasteiger partial charge in [0, 0.05) is 18.2 Å². The zero-order valence-electron chi connectivity index (χ0n) is 10.8. The molecule has 0 bridgehead atoms. The quantitative estimate of drug-likeness (QED) is 0.890. The van der Waals surface area contributed by atoms with Gasteiger partial charge in [-0.15, -0.1) is 0 Å². The Morgan fingerprint density at radius 2 is 1.80 bits per heavy atom. The molecule has 0 radical (unpaired) electrons. The van der Waals surface area contributed by atoms with Crippen LogP contribution in [-0.2, 0) is 6.54 Å². The van der Waals surface area contributed by atoms with E-state index in [1.807, 2.05) is 0 Å². The van der Waals surface area contributed by atoms with E-state index < -0.39 is 17.5 Å². The Morgan fingerprint density at radius 1 is 1.00 bits per heavy atom. The first-order valence-electron chi connectivity index (χ1n) is 6.61. The SMILES string of the molecule is Fc1ccc(CNC2CC2)c(-c2cccc(F)c2F)c1.